The molecule has 0 fully saturated rings. The summed E-state index contributed by atoms with van der Waals surface area (Å²) in [6, 6.07) is 3.79. The van der Waals surface area contributed by atoms with Crippen molar-refractivity contribution < 1.29 is 23.9 Å². The topological polar surface area (TPSA) is 95.5 Å². The fourth-order valence-electron chi connectivity index (χ4n) is 2.75. The molecule has 1 heterocycles. The molecule has 0 aromatic heterocycles. The molecule has 3 N–H and O–H groups in total. The van der Waals surface area contributed by atoms with E-state index < -0.39 is 35.1 Å². The summed E-state index contributed by atoms with van der Waals surface area (Å²) in [4.78, 5) is 35.7. The molecule has 1 aromatic rings. The Morgan fingerprint density at radius 2 is 2.17 bits per heavy atom. The molecule has 1 aromatic carbocycles. The van der Waals surface area contributed by atoms with E-state index in [1.807, 2.05) is 6.92 Å². The third-order valence-electron chi connectivity index (χ3n) is 3.99. The third kappa shape index (κ3) is 3.49. The van der Waals surface area contributed by atoms with Crippen LogP contribution >= 0.6 is 0 Å². The molecule has 124 valence electrons. The Hall–Kier alpha value is -2.44. The van der Waals surface area contributed by atoms with Gasteiger partial charge in [0.05, 0.1) is 5.92 Å². The number of benzene rings is 1. The van der Waals surface area contributed by atoms with Crippen LogP contribution < -0.4 is 10.6 Å². The van der Waals surface area contributed by atoms with Crippen molar-refractivity contribution in [3.8, 4) is 0 Å². The second kappa shape index (κ2) is 6.36. The zero-order chi connectivity index (χ0) is 17.2. The molecule has 0 aliphatic carbocycles. The zero-order valence-corrected chi connectivity index (χ0v) is 13.0. The molecule has 1 aliphatic rings. The molecule has 1 aliphatic heterocycles. The Morgan fingerprint density at radius 3 is 2.78 bits per heavy atom. The van der Waals surface area contributed by atoms with Crippen LogP contribution in [0.4, 0.5) is 10.1 Å². The maximum atomic E-state index is 13.3. The number of halogens is 1. The summed E-state index contributed by atoms with van der Waals surface area (Å²) in [7, 11) is 0. The number of hydrogen-bond acceptors (Lipinski definition) is 3. The molecule has 0 radical (unpaired) electrons. The van der Waals surface area contributed by atoms with Crippen molar-refractivity contribution in [3.05, 3.63) is 29.6 Å². The van der Waals surface area contributed by atoms with E-state index in [2.05, 4.69) is 10.6 Å². The van der Waals surface area contributed by atoms with Gasteiger partial charge in [-0.15, -0.1) is 0 Å². The fraction of sp³-hybridized carbons (Fsp3) is 0.438. The fourth-order valence-corrected chi connectivity index (χ4v) is 2.75. The number of rotatable bonds is 5. The van der Waals surface area contributed by atoms with Gasteiger partial charge in [-0.25, -0.2) is 9.18 Å². The summed E-state index contributed by atoms with van der Waals surface area (Å²) in [6.07, 6.45) is 0.742. The lowest BCUT2D eigenvalue weighted by molar-refractivity contribution is -0.147. The quantitative estimate of drug-likeness (QED) is 0.773. The number of carbonyl (C=O) groups is 3. The molecule has 2 unspecified atom stereocenters. The first-order chi connectivity index (χ1) is 10.8. The Bertz CT molecular complexity index is 661. The standard InChI is InChI=1S/C16H19FN2O4/c1-3-6-16(2,15(22)23)19-14(21)11-8-13(20)18-12-7-9(17)4-5-10(11)12/h4-5,7,11H,3,6,8H2,1-2H3,(H,18,20)(H,19,21)(H,22,23). The van der Waals surface area contributed by atoms with E-state index in [1.165, 1.54) is 19.1 Å². The molecule has 2 amide bonds. The van der Waals surface area contributed by atoms with Crippen molar-refractivity contribution in [2.24, 2.45) is 0 Å². The Morgan fingerprint density at radius 1 is 1.48 bits per heavy atom. The normalized spacial score (nSPS) is 19.3. The summed E-state index contributed by atoms with van der Waals surface area (Å²) >= 11 is 0. The lowest BCUT2D eigenvalue weighted by Gasteiger charge is -2.30. The van der Waals surface area contributed by atoms with E-state index in [1.54, 1.807) is 0 Å². The van der Waals surface area contributed by atoms with Crippen LogP contribution in [-0.2, 0) is 14.4 Å². The van der Waals surface area contributed by atoms with Crippen molar-refractivity contribution in [2.45, 2.75) is 44.6 Å². The van der Waals surface area contributed by atoms with Gasteiger partial charge in [-0.2, -0.15) is 0 Å². The monoisotopic (exact) mass is 322 g/mol. The van der Waals surface area contributed by atoms with Crippen molar-refractivity contribution in [3.63, 3.8) is 0 Å². The second-order valence-electron chi connectivity index (χ2n) is 5.91. The number of carboxylic acids is 1. The summed E-state index contributed by atoms with van der Waals surface area (Å²) in [5.74, 6) is -3.45. The van der Waals surface area contributed by atoms with Crippen molar-refractivity contribution in [2.75, 3.05) is 5.32 Å². The molecule has 6 nitrogen and oxygen atoms in total. The third-order valence-corrected chi connectivity index (χ3v) is 3.99. The predicted molar refractivity (Wildman–Crippen MR) is 81.5 cm³/mol. The van der Waals surface area contributed by atoms with Gasteiger partial charge in [-0.05, 0) is 31.0 Å². The van der Waals surface area contributed by atoms with Gasteiger partial charge in [0, 0.05) is 12.1 Å². The molecule has 2 atom stereocenters. The average molecular weight is 322 g/mol. The van der Waals surface area contributed by atoms with Crippen molar-refractivity contribution in [1.29, 1.82) is 0 Å². The maximum Gasteiger partial charge on any atom is 0.329 e. The van der Waals surface area contributed by atoms with Crippen LogP contribution in [0.25, 0.3) is 0 Å². The highest BCUT2D eigenvalue weighted by molar-refractivity contribution is 6.02. The van der Waals surface area contributed by atoms with Crippen LogP contribution in [0.5, 0.6) is 0 Å². The summed E-state index contributed by atoms with van der Waals surface area (Å²) in [6.45, 7) is 3.25. The highest BCUT2D eigenvalue weighted by Crippen LogP contribution is 2.33. The first kappa shape index (κ1) is 16.9. The van der Waals surface area contributed by atoms with Gasteiger partial charge in [0.15, 0.2) is 0 Å². The number of amides is 2. The van der Waals surface area contributed by atoms with Crippen LogP contribution in [0.1, 0.15) is 44.6 Å². The Labute approximate surface area is 133 Å². The number of aliphatic carboxylic acids is 1. The van der Waals surface area contributed by atoms with Crippen molar-refractivity contribution >= 4 is 23.5 Å². The smallest absolute Gasteiger partial charge is 0.329 e. The lowest BCUT2D eigenvalue weighted by atomic mass is 9.88. The van der Waals surface area contributed by atoms with E-state index in [-0.39, 0.29) is 18.5 Å². The van der Waals surface area contributed by atoms with Gasteiger partial charge < -0.3 is 15.7 Å². The van der Waals surface area contributed by atoms with Crippen LogP contribution in [0.3, 0.4) is 0 Å². The van der Waals surface area contributed by atoms with Crippen LogP contribution in [-0.4, -0.2) is 28.4 Å². The Kier molecular flexibility index (Phi) is 4.68. The van der Waals surface area contributed by atoms with Gasteiger partial charge >= 0.3 is 5.97 Å². The predicted octanol–water partition coefficient (Wildman–Crippen LogP) is 2.01. The number of carboxylic acid groups (broad SMARTS) is 1. The van der Waals surface area contributed by atoms with Gasteiger partial charge in [0.1, 0.15) is 11.4 Å². The summed E-state index contributed by atoms with van der Waals surface area (Å²) in [5, 5.41) is 14.4. The molecule has 0 spiro atoms. The van der Waals surface area contributed by atoms with E-state index in [0.29, 0.717) is 12.0 Å². The Balaban J connectivity index is 2.29. The molecular formula is C16H19FN2O4. The highest BCUT2D eigenvalue weighted by Gasteiger charge is 2.38. The van der Waals surface area contributed by atoms with Crippen molar-refractivity contribution in [1.82, 2.24) is 5.32 Å². The first-order valence-corrected chi connectivity index (χ1v) is 7.41. The second-order valence-corrected chi connectivity index (χ2v) is 5.91. The van der Waals surface area contributed by atoms with Crippen LogP contribution in [0.2, 0.25) is 0 Å². The summed E-state index contributed by atoms with van der Waals surface area (Å²) < 4.78 is 13.3. The van der Waals surface area contributed by atoms with E-state index in [4.69, 9.17) is 0 Å². The van der Waals surface area contributed by atoms with E-state index >= 15 is 0 Å². The number of anilines is 1. The van der Waals surface area contributed by atoms with Gasteiger partial charge in [0.25, 0.3) is 0 Å². The molecule has 23 heavy (non-hydrogen) atoms. The first-order valence-electron chi connectivity index (χ1n) is 7.41. The lowest BCUT2D eigenvalue weighted by Crippen LogP contribution is -2.54. The SMILES string of the molecule is CCCC(C)(NC(=O)C1CC(=O)Nc2cc(F)ccc21)C(=O)O. The molecular weight excluding hydrogens is 303 g/mol. The molecule has 2 rings (SSSR count). The van der Waals surface area contributed by atoms with Crippen LogP contribution in [0, 0.1) is 5.82 Å². The van der Waals surface area contributed by atoms with Gasteiger partial charge in [0.2, 0.25) is 11.8 Å². The number of fused-ring (bicyclic) bond motifs is 1. The van der Waals surface area contributed by atoms with E-state index in [0.717, 1.165) is 6.07 Å². The van der Waals surface area contributed by atoms with Gasteiger partial charge in [-0.1, -0.05) is 19.4 Å². The molecule has 0 bridgehead atoms. The minimum atomic E-state index is -1.40. The summed E-state index contributed by atoms with van der Waals surface area (Å²) in [5.41, 5.74) is -0.679. The number of nitrogens with one attached hydrogen (secondary N) is 2. The minimum Gasteiger partial charge on any atom is -0.480 e. The number of hydrogen-bond donors (Lipinski definition) is 3. The largest absolute Gasteiger partial charge is 0.480 e. The molecule has 0 saturated heterocycles. The number of carbonyl (C=O) groups excluding carboxylic acids is 2. The van der Waals surface area contributed by atoms with Gasteiger partial charge in [-0.3, -0.25) is 9.59 Å². The molecule has 0 saturated carbocycles. The highest BCUT2D eigenvalue weighted by atomic mass is 19.1. The van der Waals surface area contributed by atoms with E-state index in [9.17, 15) is 23.9 Å². The minimum absolute atomic E-state index is 0.105. The maximum absolute atomic E-state index is 13.3. The molecule has 7 heteroatoms. The average Bonchev–Trinajstić information content (AvgIpc) is 2.45. The van der Waals surface area contributed by atoms with Crippen LogP contribution in [0.15, 0.2) is 18.2 Å². The zero-order valence-electron chi connectivity index (χ0n) is 13.0.